The number of allylic oxidation sites excluding steroid dienone is 4. The van der Waals surface area contributed by atoms with Gasteiger partial charge in [0.05, 0.1) is 11.1 Å². The summed E-state index contributed by atoms with van der Waals surface area (Å²) in [6, 6.07) is 16.3. The van der Waals surface area contributed by atoms with Gasteiger partial charge in [-0.05, 0) is 99.9 Å². The lowest BCUT2D eigenvalue weighted by Gasteiger charge is -2.11. The lowest BCUT2D eigenvalue weighted by molar-refractivity contribution is 1.13. The molecule has 2 nitrogen and oxygen atoms in total. The summed E-state index contributed by atoms with van der Waals surface area (Å²) in [6.07, 6.45) is 0. The summed E-state index contributed by atoms with van der Waals surface area (Å²) >= 11 is 0. The highest BCUT2D eigenvalue weighted by molar-refractivity contribution is 5.57. The first-order valence-electron chi connectivity index (χ1n) is 11.1. The summed E-state index contributed by atoms with van der Waals surface area (Å²) in [6.45, 7) is 8.04. The first-order valence-corrected chi connectivity index (χ1v) is 11.1. The van der Waals surface area contributed by atoms with Gasteiger partial charge in [0, 0.05) is 50.7 Å². The molecule has 0 aliphatic carbocycles. The van der Waals surface area contributed by atoms with E-state index in [2.05, 4.69) is 81.4 Å². The maximum absolute atomic E-state index is 3.20. The standard InChI is InChI=1S/C32H32N2/c1-25(2)29(19-13-27-15-21-31(22-16-27)33(5)6)11-9-10-12-30(26(3)4)20-14-28-17-23-32(24-18-28)34(7)8/h15-18,21-24H,1-8H3. The van der Waals surface area contributed by atoms with E-state index < -0.39 is 0 Å². The maximum atomic E-state index is 3.20. The van der Waals surface area contributed by atoms with E-state index in [9.17, 15) is 0 Å². The molecule has 0 amide bonds. The second-order valence-corrected chi connectivity index (χ2v) is 8.63. The number of nitrogens with zero attached hydrogens (tertiary/aromatic N) is 2. The van der Waals surface area contributed by atoms with Gasteiger partial charge >= 0.3 is 0 Å². The molecular formula is C32H32N2. The molecule has 0 saturated heterocycles. The Morgan fingerprint density at radius 2 is 0.824 bits per heavy atom. The van der Waals surface area contributed by atoms with Crippen LogP contribution in [0.3, 0.4) is 0 Å². The van der Waals surface area contributed by atoms with Crippen LogP contribution in [0.1, 0.15) is 38.8 Å². The van der Waals surface area contributed by atoms with Crippen molar-refractivity contribution < 1.29 is 0 Å². The van der Waals surface area contributed by atoms with E-state index in [1.54, 1.807) is 0 Å². The zero-order valence-corrected chi connectivity index (χ0v) is 21.5. The minimum absolute atomic E-state index is 0.789. The molecule has 0 radical (unpaired) electrons. The van der Waals surface area contributed by atoms with Crippen LogP contribution >= 0.6 is 0 Å². The van der Waals surface area contributed by atoms with Gasteiger partial charge in [-0.2, -0.15) is 0 Å². The fraction of sp³-hybridized carbons (Fsp3) is 0.250. The number of hydrogen-bond acceptors (Lipinski definition) is 2. The van der Waals surface area contributed by atoms with Crippen molar-refractivity contribution in [1.82, 2.24) is 0 Å². The molecule has 0 aliphatic heterocycles. The van der Waals surface area contributed by atoms with Crippen molar-refractivity contribution in [2.45, 2.75) is 27.7 Å². The van der Waals surface area contributed by atoms with Gasteiger partial charge in [-0.15, -0.1) is 0 Å². The molecule has 0 aliphatic rings. The first kappa shape index (κ1) is 26.0. The van der Waals surface area contributed by atoms with Gasteiger partial charge in [0.25, 0.3) is 0 Å². The molecule has 34 heavy (non-hydrogen) atoms. The second-order valence-electron chi connectivity index (χ2n) is 8.63. The van der Waals surface area contributed by atoms with Gasteiger partial charge in [-0.3, -0.25) is 0 Å². The fourth-order valence-electron chi connectivity index (χ4n) is 2.71. The Morgan fingerprint density at radius 3 is 1.09 bits per heavy atom. The van der Waals surface area contributed by atoms with Gasteiger partial charge in [0.2, 0.25) is 0 Å². The molecule has 0 unspecified atom stereocenters. The van der Waals surface area contributed by atoms with E-state index >= 15 is 0 Å². The van der Waals surface area contributed by atoms with Gasteiger partial charge in [-0.25, -0.2) is 0 Å². The monoisotopic (exact) mass is 444 g/mol. The molecule has 2 aromatic carbocycles. The Kier molecular flexibility index (Phi) is 9.72. The maximum Gasteiger partial charge on any atom is 0.0744 e. The minimum atomic E-state index is 0.789. The summed E-state index contributed by atoms with van der Waals surface area (Å²) in [5.74, 6) is 24.9. The van der Waals surface area contributed by atoms with E-state index in [1.165, 1.54) is 0 Å². The van der Waals surface area contributed by atoms with Crippen molar-refractivity contribution in [3.05, 3.63) is 82.0 Å². The van der Waals surface area contributed by atoms with Crippen molar-refractivity contribution in [2.75, 3.05) is 38.0 Å². The highest BCUT2D eigenvalue weighted by atomic mass is 15.1. The smallest absolute Gasteiger partial charge is 0.0744 e. The number of rotatable bonds is 2. The summed E-state index contributed by atoms with van der Waals surface area (Å²) in [4.78, 5) is 4.13. The zero-order valence-electron chi connectivity index (χ0n) is 21.5. The van der Waals surface area contributed by atoms with Crippen LogP contribution in [0.5, 0.6) is 0 Å². The second kappa shape index (κ2) is 12.7. The predicted octanol–water partition coefficient (Wildman–Crippen LogP) is 5.90. The number of benzene rings is 2. The Labute approximate surface area is 206 Å². The van der Waals surface area contributed by atoms with E-state index in [4.69, 9.17) is 0 Å². The molecule has 0 spiro atoms. The van der Waals surface area contributed by atoms with Crippen molar-refractivity contribution in [2.24, 2.45) is 0 Å². The molecule has 0 heterocycles. The fourth-order valence-corrected chi connectivity index (χ4v) is 2.71. The Hall–Kier alpha value is -4.24. The molecule has 0 fully saturated rings. The summed E-state index contributed by atoms with van der Waals surface area (Å²) < 4.78 is 0. The van der Waals surface area contributed by atoms with Crippen molar-refractivity contribution in [3.63, 3.8) is 0 Å². The normalized spacial score (nSPS) is 8.82. The quantitative estimate of drug-likeness (QED) is 0.532. The van der Waals surface area contributed by atoms with E-state index in [0.717, 1.165) is 44.8 Å². The van der Waals surface area contributed by atoms with Crippen molar-refractivity contribution in [1.29, 1.82) is 0 Å². The third-order valence-corrected chi connectivity index (χ3v) is 4.87. The molecular weight excluding hydrogens is 412 g/mol. The van der Waals surface area contributed by atoms with Crippen molar-refractivity contribution in [3.8, 4) is 47.4 Å². The van der Waals surface area contributed by atoms with Crippen LogP contribution in [-0.2, 0) is 0 Å². The summed E-state index contributed by atoms with van der Waals surface area (Å²) in [5.41, 5.74) is 7.91. The van der Waals surface area contributed by atoms with Gasteiger partial charge in [-0.1, -0.05) is 34.8 Å². The molecule has 2 rings (SSSR count). The number of hydrogen-bond donors (Lipinski definition) is 0. The predicted molar refractivity (Wildman–Crippen MR) is 148 cm³/mol. The van der Waals surface area contributed by atoms with Crippen LogP contribution in [-0.4, -0.2) is 28.2 Å². The summed E-state index contributed by atoms with van der Waals surface area (Å²) in [7, 11) is 8.08. The Balaban J connectivity index is 2.19. The van der Waals surface area contributed by atoms with Crippen LogP contribution in [0, 0.1) is 47.4 Å². The van der Waals surface area contributed by atoms with Gasteiger partial charge < -0.3 is 9.80 Å². The van der Waals surface area contributed by atoms with E-state index in [1.807, 2.05) is 80.2 Å². The third kappa shape index (κ3) is 8.36. The van der Waals surface area contributed by atoms with Gasteiger partial charge in [0.1, 0.15) is 0 Å². The SMILES string of the molecule is CC(C)=C(C#CC#CC(C#Cc1ccc(N(C)C)cc1)=C(C)C)C#Cc1ccc(N(C)C)cc1. The molecule has 170 valence electrons. The van der Waals surface area contributed by atoms with Crippen LogP contribution in [0.25, 0.3) is 0 Å². The van der Waals surface area contributed by atoms with E-state index in [-0.39, 0.29) is 0 Å². The van der Waals surface area contributed by atoms with Crippen LogP contribution in [0.2, 0.25) is 0 Å². The molecule has 0 N–H and O–H groups in total. The molecule has 0 bridgehead atoms. The van der Waals surface area contributed by atoms with E-state index in [0.29, 0.717) is 0 Å². The van der Waals surface area contributed by atoms with Crippen LogP contribution in [0.4, 0.5) is 11.4 Å². The Morgan fingerprint density at radius 1 is 0.500 bits per heavy atom. The average molecular weight is 445 g/mol. The lowest BCUT2D eigenvalue weighted by Crippen LogP contribution is -2.07. The van der Waals surface area contributed by atoms with Crippen molar-refractivity contribution >= 4 is 11.4 Å². The highest BCUT2D eigenvalue weighted by Gasteiger charge is 1.96. The molecule has 2 aromatic rings. The molecule has 2 heteroatoms. The first-order chi connectivity index (χ1) is 16.2. The summed E-state index contributed by atoms with van der Waals surface area (Å²) in [5, 5.41) is 0. The molecule has 0 saturated carbocycles. The van der Waals surface area contributed by atoms with Gasteiger partial charge in [0.15, 0.2) is 0 Å². The largest absolute Gasteiger partial charge is 0.378 e. The molecule has 0 atom stereocenters. The number of anilines is 2. The van der Waals surface area contributed by atoms with Crippen LogP contribution in [0.15, 0.2) is 70.8 Å². The Bertz CT molecular complexity index is 1200. The third-order valence-electron chi connectivity index (χ3n) is 4.87. The van der Waals surface area contributed by atoms with Crippen LogP contribution < -0.4 is 9.80 Å². The highest BCUT2D eigenvalue weighted by Crippen LogP contribution is 2.13. The lowest BCUT2D eigenvalue weighted by atomic mass is 10.1. The topological polar surface area (TPSA) is 6.48 Å². The zero-order chi connectivity index (χ0) is 25.1. The minimum Gasteiger partial charge on any atom is -0.378 e. The molecule has 0 aromatic heterocycles. The average Bonchev–Trinajstić information content (AvgIpc) is 2.80.